The van der Waals surface area contributed by atoms with Gasteiger partial charge in [-0.1, -0.05) is 6.07 Å². The third-order valence-corrected chi connectivity index (χ3v) is 5.12. The van der Waals surface area contributed by atoms with Gasteiger partial charge in [-0.3, -0.25) is 14.4 Å². The third-order valence-electron chi connectivity index (χ3n) is 4.03. The molecule has 0 aromatic heterocycles. The highest BCUT2D eigenvalue weighted by atomic mass is 32.2. The number of carbonyl (C=O) groups is 4. The van der Waals surface area contributed by atoms with Crippen molar-refractivity contribution in [2.45, 2.75) is 36.8 Å². The molecule has 0 aliphatic rings. The molecule has 0 saturated heterocycles. The molecule has 3 N–H and O–H groups in total. The van der Waals surface area contributed by atoms with Crippen molar-refractivity contribution >= 4 is 46.9 Å². The SMILES string of the molecule is CCOC(=O)c1ccc(NC(=O)C(C)Sc2cccc(NC(=O)CCC(=O)O)c2)cc1. The van der Waals surface area contributed by atoms with Crippen LogP contribution >= 0.6 is 11.8 Å². The number of benzene rings is 2. The fourth-order valence-electron chi connectivity index (χ4n) is 2.50. The number of anilines is 2. The van der Waals surface area contributed by atoms with E-state index in [2.05, 4.69) is 10.6 Å². The Bertz CT molecular complexity index is 945. The number of carboxylic acids is 1. The molecular formula is C22H24N2O6S. The van der Waals surface area contributed by atoms with Crippen molar-refractivity contribution in [1.82, 2.24) is 0 Å². The fraction of sp³-hybridized carbons (Fsp3) is 0.273. The first-order valence-electron chi connectivity index (χ1n) is 9.65. The van der Waals surface area contributed by atoms with Crippen LogP contribution in [0.5, 0.6) is 0 Å². The summed E-state index contributed by atoms with van der Waals surface area (Å²) in [6.07, 6.45) is -0.348. The summed E-state index contributed by atoms with van der Waals surface area (Å²) < 4.78 is 4.93. The highest BCUT2D eigenvalue weighted by Crippen LogP contribution is 2.27. The highest BCUT2D eigenvalue weighted by molar-refractivity contribution is 8.00. The number of rotatable bonds is 10. The Morgan fingerprint density at radius 1 is 1.00 bits per heavy atom. The number of thioether (sulfide) groups is 1. The van der Waals surface area contributed by atoms with E-state index in [0.29, 0.717) is 23.5 Å². The minimum Gasteiger partial charge on any atom is -0.481 e. The summed E-state index contributed by atoms with van der Waals surface area (Å²) >= 11 is 1.31. The number of nitrogens with one attached hydrogen (secondary N) is 2. The van der Waals surface area contributed by atoms with Crippen molar-refractivity contribution in [3.8, 4) is 0 Å². The zero-order valence-corrected chi connectivity index (χ0v) is 18.0. The lowest BCUT2D eigenvalue weighted by molar-refractivity contribution is -0.138. The summed E-state index contributed by atoms with van der Waals surface area (Å²) in [4.78, 5) is 47.3. The predicted molar refractivity (Wildman–Crippen MR) is 118 cm³/mol. The largest absolute Gasteiger partial charge is 0.481 e. The van der Waals surface area contributed by atoms with Gasteiger partial charge in [0.05, 0.1) is 23.8 Å². The van der Waals surface area contributed by atoms with E-state index < -0.39 is 17.2 Å². The molecule has 0 heterocycles. The molecule has 0 bridgehead atoms. The molecule has 1 unspecified atom stereocenters. The molecule has 0 aliphatic heterocycles. The maximum Gasteiger partial charge on any atom is 0.338 e. The lowest BCUT2D eigenvalue weighted by atomic mass is 10.2. The minimum absolute atomic E-state index is 0.111. The first kappa shape index (κ1) is 23.9. The molecule has 0 spiro atoms. The van der Waals surface area contributed by atoms with Crippen molar-refractivity contribution in [1.29, 1.82) is 0 Å². The number of carbonyl (C=O) groups excluding carboxylic acids is 3. The maximum atomic E-state index is 12.5. The van der Waals surface area contributed by atoms with Gasteiger partial charge < -0.3 is 20.5 Å². The quantitative estimate of drug-likeness (QED) is 0.376. The van der Waals surface area contributed by atoms with E-state index in [1.54, 1.807) is 56.3 Å². The van der Waals surface area contributed by atoms with Crippen LogP contribution in [0.4, 0.5) is 11.4 Å². The Hall–Kier alpha value is -3.33. The molecule has 164 valence electrons. The average Bonchev–Trinajstić information content (AvgIpc) is 2.73. The summed E-state index contributed by atoms with van der Waals surface area (Å²) in [6.45, 7) is 3.78. The molecular weight excluding hydrogens is 420 g/mol. The molecule has 9 heteroatoms. The molecule has 31 heavy (non-hydrogen) atoms. The van der Waals surface area contributed by atoms with Crippen molar-refractivity contribution in [2.75, 3.05) is 17.2 Å². The summed E-state index contributed by atoms with van der Waals surface area (Å²) in [5.41, 5.74) is 1.50. The van der Waals surface area contributed by atoms with E-state index >= 15 is 0 Å². The molecule has 2 amide bonds. The second kappa shape index (κ2) is 11.8. The lowest BCUT2D eigenvalue weighted by Crippen LogP contribution is -2.22. The van der Waals surface area contributed by atoms with Gasteiger partial charge in [0.1, 0.15) is 0 Å². The van der Waals surface area contributed by atoms with E-state index in [-0.39, 0.29) is 24.7 Å². The van der Waals surface area contributed by atoms with Gasteiger partial charge in [-0.05, 0) is 56.3 Å². The average molecular weight is 445 g/mol. The van der Waals surface area contributed by atoms with Gasteiger partial charge in [-0.2, -0.15) is 0 Å². The first-order chi connectivity index (χ1) is 14.8. The molecule has 0 aliphatic carbocycles. The van der Waals surface area contributed by atoms with Crippen molar-refractivity contribution in [2.24, 2.45) is 0 Å². The molecule has 1 atom stereocenters. The zero-order valence-electron chi connectivity index (χ0n) is 17.2. The van der Waals surface area contributed by atoms with Gasteiger partial charge in [-0.15, -0.1) is 11.8 Å². The predicted octanol–water partition coefficient (Wildman–Crippen LogP) is 3.79. The van der Waals surface area contributed by atoms with E-state index in [9.17, 15) is 19.2 Å². The Labute approximate surface area is 184 Å². The molecule has 0 saturated carbocycles. The van der Waals surface area contributed by atoms with Crippen molar-refractivity contribution in [3.63, 3.8) is 0 Å². The summed E-state index contributed by atoms with van der Waals surface area (Å²) in [5, 5.41) is 13.7. The first-order valence-corrected chi connectivity index (χ1v) is 10.5. The monoisotopic (exact) mass is 444 g/mol. The van der Waals surface area contributed by atoms with Crippen molar-refractivity contribution in [3.05, 3.63) is 54.1 Å². The Morgan fingerprint density at radius 2 is 1.71 bits per heavy atom. The molecule has 2 aromatic carbocycles. The van der Waals surface area contributed by atoms with Crippen LogP contribution in [0.3, 0.4) is 0 Å². The lowest BCUT2D eigenvalue weighted by Gasteiger charge is -2.13. The number of hydrogen-bond donors (Lipinski definition) is 3. The Balaban J connectivity index is 1.91. The second-order valence-electron chi connectivity index (χ2n) is 6.52. The van der Waals surface area contributed by atoms with Crippen LogP contribution in [-0.2, 0) is 19.1 Å². The van der Waals surface area contributed by atoms with Crippen LogP contribution in [-0.4, -0.2) is 40.7 Å². The molecule has 0 fully saturated rings. The van der Waals surface area contributed by atoms with Gasteiger partial charge in [0, 0.05) is 22.7 Å². The second-order valence-corrected chi connectivity index (χ2v) is 7.93. The standard InChI is InChI=1S/C22H24N2O6S/c1-3-30-22(29)15-7-9-16(10-8-15)24-21(28)14(2)31-18-6-4-5-17(13-18)23-19(25)11-12-20(26)27/h4-10,13-14H,3,11-12H2,1-2H3,(H,23,25)(H,24,28)(H,26,27). The maximum absolute atomic E-state index is 12.5. The van der Waals surface area contributed by atoms with Gasteiger partial charge in [0.2, 0.25) is 11.8 Å². The summed E-state index contributed by atoms with van der Waals surface area (Å²) in [7, 11) is 0. The number of esters is 1. The van der Waals surface area contributed by atoms with E-state index in [0.717, 1.165) is 4.90 Å². The Kier molecular flexibility index (Phi) is 9.08. The number of carboxylic acid groups (broad SMARTS) is 1. The highest BCUT2D eigenvalue weighted by Gasteiger charge is 2.16. The number of hydrogen-bond acceptors (Lipinski definition) is 6. The van der Waals surface area contributed by atoms with Crippen LogP contribution in [0.2, 0.25) is 0 Å². The number of ether oxygens (including phenoxy) is 1. The van der Waals surface area contributed by atoms with E-state index in [1.807, 2.05) is 6.07 Å². The van der Waals surface area contributed by atoms with E-state index in [1.165, 1.54) is 11.8 Å². The van der Waals surface area contributed by atoms with Crippen LogP contribution in [0.25, 0.3) is 0 Å². The summed E-state index contributed by atoms with van der Waals surface area (Å²) in [6, 6.07) is 13.4. The fourth-order valence-corrected chi connectivity index (χ4v) is 3.42. The summed E-state index contributed by atoms with van der Waals surface area (Å²) in [5.74, 6) is -2.06. The van der Waals surface area contributed by atoms with Gasteiger partial charge in [0.15, 0.2) is 0 Å². The minimum atomic E-state index is -1.03. The van der Waals surface area contributed by atoms with Gasteiger partial charge >= 0.3 is 11.9 Å². The normalized spacial score (nSPS) is 11.3. The van der Waals surface area contributed by atoms with Crippen LogP contribution in [0.15, 0.2) is 53.4 Å². The molecule has 2 rings (SSSR count). The van der Waals surface area contributed by atoms with Gasteiger partial charge in [0.25, 0.3) is 0 Å². The van der Waals surface area contributed by atoms with Crippen molar-refractivity contribution < 1.29 is 29.0 Å². The number of aliphatic carboxylic acids is 1. The molecule has 0 radical (unpaired) electrons. The molecule has 8 nitrogen and oxygen atoms in total. The van der Waals surface area contributed by atoms with Crippen LogP contribution in [0, 0.1) is 0 Å². The van der Waals surface area contributed by atoms with Crippen LogP contribution in [0.1, 0.15) is 37.0 Å². The molecule has 2 aromatic rings. The third kappa shape index (κ3) is 8.13. The Morgan fingerprint density at radius 3 is 2.35 bits per heavy atom. The number of amides is 2. The van der Waals surface area contributed by atoms with Crippen LogP contribution < -0.4 is 10.6 Å². The topological polar surface area (TPSA) is 122 Å². The van der Waals surface area contributed by atoms with E-state index in [4.69, 9.17) is 9.84 Å². The zero-order chi connectivity index (χ0) is 22.8. The van der Waals surface area contributed by atoms with Gasteiger partial charge in [-0.25, -0.2) is 4.79 Å². The smallest absolute Gasteiger partial charge is 0.338 e.